The molecule has 0 unspecified atom stereocenters. The third-order valence-electron chi connectivity index (χ3n) is 3.54. The quantitative estimate of drug-likeness (QED) is 0.805. The largest absolute Gasteiger partial charge is 0.494 e. The normalized spacial score (nSPS) is 11.0. The summed E-state index contributed by atoms with van der Waals surface area (Å²) in [5.74, 6) is 0.841. The molecule has 3 aromatic rings. The zero-order valence-corrected chi connectivity index (χ0v) is 13.0. The molecular formula is C17H19N3O2. The number of hydrogen-bond acceptors (Lipinski definition) is 3. The van der Waals surface area contributed by atoms with Gasteiger partial charge in [0.1, 0.15) is 5.75 Å². The van der Waals surface area contributed by atoms with Crippen molar-refractivity contribution in [3.63, 3.8) is 0 Å². The van der Waals surface area contributed by atoms with Crippen LogP contribution in [-0.2, 0) is 0 Å². The van der Waals surface area contributed by atoms with Crippen LogP contribution in [0, 0.1) is 13.8 Å². The molecule has 0 amide bonds. The minimum absolute atomic E-state index is 0.0957. The van der Waals surface area contributed by atoms with Gasteiger partial charge in [-0.3, -0.25) is 4.79 Å². The summed E-state index contributed by atoms with van der Waals surface area (Å²) in [6, 6.07) is 9.70. The predicted molar refractivity (Wildman–Crippen MR) is 87.0 cm³/mol. The van der Waals surface area contributed by atoms with Gasteiger partial charge in [-0.15, -0.1) is 0 Å². The SMILES string of the molecule is CCCOc1ccc(-n2nc(C)c3c(=O)[nH]c(C)cc32)cc1. The van der Waals surface area contributed by atoms with Crippen LogP contribution in [0.4, 0.5) is 0 Å². The number of aryl methyl sites for hydroxylation is 2. The molecule has 0 saturated heterocycles. The molecule has 2 heterocycles. The molecule has 0 spiro atoms. The predicted octanol–water partition coefficient (Wildman–Crippen LogP) is 3.12. The fraction of sp³-hybridized carbons (Fsp3) is 0.294. The second-order valence-electron chi connectivity index (χ2n) is 5.38. The molecule has 0 fully saturated rings. The molecular weight excluding hydrogens is 278 g/mol. The molecule has 114 valence electrons. The third-order valence-corrected chi connectivity index (χ3v) is 3.54. The van der Waals surface area contributed by atoms with Gasteiger partial charge < -0.3 is 9.72 Å². The van der Waals surface area contributed by atoms with Gasteiger partial charge in [0.2, 0.25) is 0 Å². The molecule has 3 rings (SSSR count). The van der Waals surface area contributed by atoms with Gasteiger partial charge >= 0.3 is 0 Å². The average molecular weight is 297 g/mol. The highest BCUT2D eigenvalue weighted by Crippen LogP contribution is 2.21. The van der Waals surface area contributed by atoms with Crippen LogP contribution in [0.25, 0.3) is 16.6 Å². The summed E-state index contributed by atoms with van der Waals surface area (Å²) >= 11 is 0. The van der Waals surface area contributed by atoms with E-state index in [0.29, 0.717) is 12.0 Å². The Morgan fingerprint density at radius 3 is 2.64 bits per heavy atom. The molecule has 0 atom stereocenters. The maximum absolute atomic E-state index is 12.1. The van der Waals surface area contributed by atoms with E-state index in [2.05, 4.69) is 17.0 Å². The number of rotatable bonds is 4. The Kier molecular flexibility index (Phi) is 3.71. The molecule has 1 aromatic carbocycles. The minimum Gasteiger partial charge on any atom is -0.494 e. The summed E-state index contributed by atoms with van der Waals surface area (Å²) in [6.45, 7) is 6.50. The smallest absolute Gasteiger partial charge is 0.259 e. The molecule has 5 nitrogen and oxygen atoms in total. The molecule has 0 aliphatic rings. The van der Waals surface area contributed by atoms with Crippen molar-refractivity contribution in [2.45, 2.75) is 27.2 Å². The number of nitrogens with one attached hydrogen (secondary N) is 1. The third kappa shape index (κ3) is 2.50. The van der Waals surface area contributed by atoms with Crippen LogP contribution >= 0.6 is 0 Å². The highest BCUT2D eigenvalue weighted by atomic mass is 16.5. The van der Waals surface area contributed by atoms with Crippen molar-refractivity contribution in [1.82, 2.24) is 14.8 Å². The van der Waals surface area contributed by atoms with E-state index in [1.54, 1.807) is 4.68 Å². The first-order chi connectivity index (χ1) is 10.6. The van der Waals surface area contributed by atoms with E-state index in [4.69, 9.17) is 4.74 Å². The van der Waals surface area contributed by atoms with E-state index < -0.39 is 0 Å². The topological polar surface area (TPSA) is 59.9 Å². The zero-order chi connectivity index (χ0) is 15.7. The summed E-state index contributed by atoms with van der Waals surface area (Å²) in [7, 11) is 0. The van der Waals surface area contributed by atoms with E-state index in [1.807, 2.05) is 44.2 Å². The molecule has 2 aromatic heterocycles. The van der Waals surface area contributed by atoms with E-state index in [-0.39, 0.29) is 5.56 Å². The Hall–Kier alpha value is -2.56. The van der Waals surface area contributed by atoms with Crippen LogP contribution < -0.4 is 10.3 Å². The molecule has 0 aliphatic carbocycles. The van der Waals surface area contributed by atoms with Crippen LogP contribution in [0.2, 0.25) is 0 Å². The number of fused-ring (bicyclic) bond motifs is 1. The lowest BCUT2D eigenvalue weighted by atomic mass is 10.2. The van der Waals surface area contributed by atoms with E-state index >= 15 is 0 Å². The van der Waals surface area contributed by atoms with Crippen molar-refractivity contribution < 1.29 is 4.74 Å². The fourth-order valence-electron chi connectivity index (χ4n) is 2.54. The van der Waals surface area contributed by atoms with Crippen LogP contribution in [0.3, 0.4) is 0 Å². The Morgan fingerprint density at radius 2 is 1.95 bits per heavy atom. The molecule has 0 saturated carbocycles. The molecule has 0 radical (unpaired) electrons. The summed E-state index contributed by atoms with van der Waals surface area (Å²) < 4.78 is 7.39. The monoisotopic (exact) mass is 297 g/mol. The summed E-state index contributed by atoms with van der Waals surface area (Å²) in [5.41, 5.74) is 3.18. The lowest BCUT2D eigenvalue weighted by Gasteiger charge is -2.07. The first-order valence-corrected chi connectivity index (χ1v) is 7.42. The first kappa shape index (κ1) is 14.4. The van der Waals surface area contributed by atoms with E-state index in [0.717, 1.165) is 34.8 Å². The summed E-state index contributed by atoms with van der Waals surface area (Å²) in [4.78, 5) is 14.9. The highest BCUT2D eigenvalue weighted by Gasteiger charge is 2.12. The molecule has 5 heteroatoms. The van der Waals surface area contributed by atoms with Gasteiger partial charge in [-0.1, -0.05) is 6.92 Å². The van der Waals surface area contributed by atoms with Crippen LogP contribution in [0.1, 0.15) is 24.7 Å². The second kappa shape index (κ2) is 5.67. The van der Waals surface area contributed by atoms with Gasteiger partial charge in [-0.25, -0.2) is 4.68 Å². The second-order valence-corrected chi connectivity index (χ2v) is 5.38. The van der Waals surface area contributed by atoms with E-state index in [1.165, 1.54) is 0 Å². The Balaban J connectivity index is 2.08. The number of aromatic amines is 1. The number of H-pyrrole nitrogens is 1. The van der Waals surface area contributed by atoms with Gasteiger partial charge in [0.25, 0.3) is 5.56 Å². The number of ether oxygens (including phenoxy) is 1. The van der Waals surface area contributed by atoms with E-state index in [9.17, 15) is 4.79 Å². The lowest BCUT2D eigenvalue weighted by Crippen LogP contribution is -2.07. The maximum atomic E-state index is 12.1. The standard InChI is InChI=1S/C17H19N3O2/c1-4-9-22-14-7-5-13(6-8-14)20-15-10-11(2)18-17(21)16(15)12(3)19-20/h5-8,10H,4,9H2,1-3H3,(H,18,21). The summed E-state index contributed by atoms with van der Waals surface area (Å²) in [6.07, 6.45) is 0.979. The zero-order valence-electron chi connectivity index (χ0n) is 13.0. The van der Waals surface area contributed by atoms with Gasteiger partial charge in [-0.05, 0) is 50.6 Å². The number of aromatic nitrogens is 3. The Bertz CT molecular complexity index is 860. The first-order valence-electron chi connectivity index (χ1n) is 7.42. The van der Waals surface area contributed by atoms with Crippen molar-refractivity contribution in [3.8, 4) is 11.4 Å². The number of hydrogen-bond donors (Lipinski definition) is 1. The minimum atomic E-state index is -0.0957. The highest BCUT2D eigenvalue weighted by molar-refractivity contribution is 5.82. The van der Waals surface area contributed by atoms with Gasteiger partial charge in [0, 0.05) is 5.69 Å². The molecule has 22 heavy (non-hydrogen) atoms. The van der Waals surface area contributed by atoms with Crippen LogP contribution in [0.15, 0.2) is 35.1 Å². The number of pyridine rings is 1. The number of nitrogens with zero attached hydrogens (tertiary/aromatic N) is 2. The average Bonchev–Trinajstić information content (AvgIpc) is 2.82. The van der Waals surface area contributed by atoms with Gasteiger partial charge in [-0.2, -0.15) is 5.10 Å². The van der Waals surface area contributed by atoms with Gasteiger partial charge in [0.15, 0.2) is 0 Å². The fourth-order valence-corrected chi connectivity index (χ4v) is 2.54. The number of benzene rings is 1. The van der Waals surface area contributed by atoms with Gasteiger partial charge in [0.05, 0.1) is 28.9 Å². The Labute approximate surface area is 128 Å². The maximum Gasteiger partial charge on any atom is 0.259 e. The molecule has 1 N–H and O–H groups in total. The molecule has 0 bridgehead atoms. The van der Waals surface area contributed by atoms with Crippen molar-refractivity contribution in [2.24, 2.45) is 0 Å². The van der Waals surface area contributed by atoms with Crippen molar-refractivity contribution >= 4 is 10.9 Å². The van der Waals surface area contributed by atoms with Crippen LogP contribution in [-0.4, -0.2) is 21.4 Å². The van der Waals surface area contributed by atoms with Crippen LogP contribution in [0.5, 0.6) is 5.75 Å². The Morgan fingerprint density at radius 1 is 1.23 bits per heavy atom. The molecule has 0 aliphatic heterocycles. The van der Waals surface area contributed by atoms with Crippen molar-refractivity contribution in [3.05, 3.63) is 52.1 Å². The summed E-state index contributed by atoms with van der Waals surface area (Å²) in [5, 5.41) is 5.15. The van der Waals surface area contributed by atoms with Crippen molar-refractivity contribution in [2.75, 3.05) is 6.61 Å². The van der Waals surface area contributed by atoms with Crippen molar-refractivity contribution in [1.29, 1.82) is 0 Å². The lowest BCUT2D eigenvalue weighted by molar-refractivity contribution is 0.317.